The van der Waals surface area contributed by atoms with Gasteiger partial charge in [0.15, 0.2) is 0 Å². The van der Waals surface area contributed by atoms with Crippen molar-refractivity contribution in [1.82, 2.24) is 10.6 Å². The largest absolute Gasteiger partial charge is 0.473 e. The van der Waals surface area contributed by atoms with E-state index in [4.69, 9.17) is 19.8 Å². The Morgan fingerprint density at radius 3 is 1.08 bits per heavy atom. The van der Waals surface area contributed by atoms with Gasteiger partial charge in [0, 0.05) is 0 Å². The van der Waals surface area contributed by atoms with E-state index in [1.165, 1.54) is 90.1 Å². The average molecular weight is 377 g/mol. The van der Waals surface area contributed by atoms with Crippen LogP contribution in [0.25, 0.3) is 0 Å². The molecule has 0 saturated heterocycles. The molecule has 0 aliphatic heterocycles. The van der Waals surface area contributed by atoms with E-state index >= 15 is 0 Å². The molecule has 0 aliphatic carbocycles. The highest BCUT2D eigenvalue weighted by Gasteiger charge is 2.04. The summed E-state index contributed by atoms with van der Waals surface area (Å²) in [6, 6.07) is 0. The van der Waals surface area contributed by atoms with Gasteiger partial charge in [-0.1, -0.05) is 78.1 Å². The van der Waals surface area contributed by atoms with Crippen LogP contribution in [-0.2, 0) is 9.59 Å². The van der Waals surface area contributed by atoms with Crippen molar-refractivity contribution in [3.8, 4) is 0 Å². The normalized spacial score (nSPS) is 9.54. The number of hydrogen-bond donors (Lipinski definition) is 4. The van der Waals surface area contributed by atoms with Crippen molar-refractivity contribution >= 4 is 11.9 Å². The lowest BCUT2D eigenvalue weighted by Gasteiger charge is -1.98. The molecule has 0 aromatic heterocycles. The van der Waals surface area contributed by atoms with Gasteiger partial charge in [-0.3, -0.25) is 0 Å². The molecular weight excluding hydrogens is 332 g/mol. The zero-order valence-corrected chi connectivity index (χ0v) is 17.6. The number of carboxylic acids is 2. The first kappa shape index (κ1) is 29.6. The SMILES string of the molecule is CCCCCCCCNC.CCCCCCCCNC.O=C(O)C(=O)O. The van der Waals surface area contributed by atoms with E-state index in [2.05, 4.69) is 24.5 Å². The average Bonchev–Trinajstić information content (AvgIpc) is 2.62. The number of rotatable bonds is 14. The van der Waals surface area contributed by atoms with Crippen molar-refractivity contribution in [3.63, 3.8) is 0 Å². The third-order valence-corrected chi connectivity index (χ3v) is 3.74. The van der Waals surface area contributed by atoms with Crippen molar-refractivity contribution in [2.45, 2.75) is 90.9 Å². The van der Waals surface area contributed by atoms with Crippen molar-refractivity contribution in [3.05, 3.63) is 0 Å². The lowest BCUT2D eigenvalue weighted by atomic mass is 10.1. The molecule has 0 amide bonds. The highest BCUT2D eigenvalue weighted by Crippen LogP contribution is 2.04. The summed E-state index contributed by atoms with van der Waals surface area (Å²) >= 11 is 0. The fourth-order valence-corrected chi connectivity index (χ4v) is 2.16. The van der Waals surface area contributed by atoms with Gasteiger partial charge in [0.1, 0.15) is 0 Å². The van der Waals surface area contributed by atoms with Gasteiger partial charge in [0.05, 0.1) is 0 Å². The number of hydrogen-bond acceptors (Lipinski definition) is 4. The summed E-state index contributed by atoms with van der Waals surface area (Å²) in [6.45, 7) is 6.89. The van der Waals surface area contributed by atoms with E-state index in [9.17, 15) is 0 Å². The molecule has 4 N–H and O–H groups in total. The monoisotopic (exact) mass is 376 g/mol. The van der Waals surface area contributed by atoms with Crippen LogP contribution in [0.5, 0.6) is 0 Å². The number of carboxylic acid groups (broad SMARTS) is 2. The molecule has 0 rings (SSSR count). The van der Waals surface area contributed by atoms with Gasteiger partial charge in [-0.2, -0.15) is 0 Å². The second-order valence-electron chi connectivity index (χ2n) is 6.35. The molecule has 0 atom stereocenters. The Morgan fingerprint density at radius 2 is 0.846 bits per heavy atom. The van der Waals surface area contributed by atoms with Gasteiger partial charge in [-0.05, 0) is 40.0 Å². The fourth-order valence-electron chi connectivity index (χ4n) is 2.16. The van der Waals surface area contributed by atoms with Crippen LogP contribution in [0.2, 0.25) is 0 Å². The summed E-state index contributed by atoms with van der Waals surface area (Å²) in [5, 5.41) is 21.1. The Labute approximate surface area is 161 Å². The molecule has 0 bridgehead atoms. The maximum atomic E-state index is 9.10. The first-order valence-electron chi connectivity index (χ1n) is 10.2. The predicted octanol–water partition coefficient (Wildman–Crippen LogP) is 4.29. The maximum absolute atomic E-state index is 9.10. The topological polar surface area (TPSA) is 98.7 Å². The summed E-state index contributed by atoms with van der Waals surface area (Å²) in [5.41, 5.74) is 0. The fraction of sp³-hybridized carbons (Fsp3) is 0.900. The standard InChI is InChI=1S/2C9H21N.C2H2O4/c2*1-3-4-5-6-7-8-9-10-2;3-1(4)2(5)6/h2*10H,3-9H2,1-2H3;(H,3,4)(H,5,6). The minimum Gasteiger partial charge on any atom is -0.473 e. The van der Waals surface area contributed by atoms with E-state index in [0.29, 0.717) is 0 Å². The maximum Gasteiger partial charge on any atom is 0.414 e. The molecule has 6 heteroatoms. The molecule has 158 valence electrons. The van der Waals surface area contributed by atoms with Crippen molar-refractivity contribution in [2.24, 2.45) is 0 Å². The van der Waals surface area contributed by atoms with Crippen LogP contribution in [0.3, 0.4) is 0 Å². The molecule has 0 saturated carbocycles. The van der Waals surface area contributed by atoms with Gasteiger partial charge in [0.2, 0.25) is 0 Å². The van der Waals surface area contributed by atoms with Gasteiger partial charge in [0.25, 0.3) is 0 Å². The Morgan fingerprint density at radius 1 is 0.577 bits per heavy atom. The Balaban J connectivity index is -0.000000316. The number of unbranched alkanes of at least 4 members (excludes halogenated alkanes) is 10. The van der Waals surface area contributed by atoms with Gasteiger partial charge in [-0.15, -0.1) is 0 Å². The Hall–Kier alpha value is -1.14. The van der Waals surface area contributed by atoms with Crippen molar-refractivity contribution in [2.75, 3.05) is 27.2 Å². The number of nitrogens with one attached hydrogen (secondary N) is 2. The second-order valence-corrected chi connectivity index (χ2v) is 6.35. The van der Waals surface area contributed by atoms with Crippen molar-refractivity contribution < 1.29 is 19.8 Å². The van der Waals surface area contributed by atoms with E-state index < -0.39 is 11.9 Å². The first-order valence-corrected chi connectivity index (χ1v) is 10.2. The quantitative estimate of drug-likeness (QED) is 0.267. The third kappa shape index (κ3) is 38.4. The van der Waals surface area contributed by atoms with Crippen LogP contribution >= 0.6 is 0 Å². The van der Waals surface area contributed by atoms with E-state index in [1.807, 2.05) is 14.1 Å². The lowest BCUT2D eigenvalue weighted by Crippen LogP contribution is -2.09. The van der Waals surface area contributed by atoms with Crippen LogP contribution in [0, 0.1) is 0 Å². The number of carbonyl (C=O) groups is 2. The van der Waals surface area contributed by atoms with E-state index in [1.54, 1.807) is 0 Å². The van der Waals surface area contributed by atoms with Crippen LogP contribution in [0.1, 0.15) is 90.9 Å². The third-order valence-electron chi connectivity index (χ3n) is 3.74. The Bertz CT molecular complexity index is 243. The molecule has 0 aliphatic rings. The van der Waals surface area contributed by atoms with Crippen LogP contribution in [0.4, 0.5) is 0 Å². The van der Waals surface area contributed by atoms with Gasteiger partial charge < -0.3 is 20.8 Å². The van der Waals surface area contributed by atoms with Crippen molar-refractivity contribution in [1.29, 1.82) is 0 Å². The summed E-state index contributed by atoms with van der Waals surface area (Å²) in [5.74, 6) is -3.65. The smallest absolute Gasteiger partial charge is 0.414 e. The molecule has 0 aromatic rings. The highest BCUT2D eigenvalue weighted by molar-refractivity contribution is 6.27. The minimum atomic E-state index is -1.82. The van der Waals surface area contributed by atoms with E-state index in [0.717, 1.165) is 0 Å². The number of aliphatic carboxylic acids is 2. The zero-order chi connectivity index (χ0) is 20.5. The van der Waals surface area contributed by atoms with E-state index in [-0.39, 0.29) is 0 Å². The molecule has 0 radical (unpaired) electrons. The first-order chi connectivity index (χ1) is 12.5. The van der Waals surface area contributed by atoms with Crippen LogP contribution in [0.15, 0.2) is 0 Å². The molecule has 0 spiro atoms. The zero-order valence-electron chi connectivity index (χ0n) is 17.6. The Kier molecular flexibility index (Phi) is 32.6. The lowest BCUT2D eigenvalue weighted by molar-refractivity contribution is -0.159. The predicted molar refractivity (Wildman–Crippen MR) is 110 cm³/mol. The highest BCUT2D eigenvalue weighted by atomic mass is 16.4. The van der Waals surface area contributed by atoms with Gasteiger partial charge in [-0.25, -0.2) is 9.59 Å². The molecule has 26 heavy (non-hydrogen) atoms. The second kappa shape index (κ2) is 28.7. The molecular formula is C20H44N2O4. The summed E-state index contributed by atoms with van der Waals surface area (Å²) in [6.07, 6.45) is 16.8. The minimum absolute atomic E-state index is 1.19. The summed E-state index contributed by atoms with van der Waals surface area (Å²) < 4.78 is 0. The summed E-state index contributed by atoms with van der Waals surface area (Å²) in [4.78, 5) is 18.2. The van der Waals surface area contributed by atoms with Gasteiger partial charge >= 0.3 is 11.9 Å². The molecule has 0 fully saturated rings. The van der Waals surface area contributed by atoms with Crippen LogP contribution in [-0.4, -0.2) is 49.3 Å². The van der Waals surface area contributed by atoms with Crippen LogP contribution < -0.4 is 10.6 Å². The molecule has 6 nitrogen and oxygen atoms in total. The summed E-state index contributed by atoms with van der Waals surface area (Å²) in [7, 11) is 4.04. The molecule has 0 aromatic carbocycles. The molecule has 0 heterocycles. The molecule has 0 unspecified atom stereocenters.